The second kappa shape index (κ2) is 9.31. The second-order valence-corrected chi connectivity index (χ2v) is 5.32. The lowest BCUT2D eigenvalue weighted by Gasteiger charge is -2.13. The number of rotatable bonds is 8. The topological polar surface area (TPSA) is 85.9 Å². The van der Waals surface area contributed by atoms with Crippen molar-refractivity contribution in [3.05, 3.63) is 42.5 Å². The Balaban J connectivity index is 2.09. The Hall–Kier alpha value is -3.22. The van der Waals surface area contributed by atoms with Gasteiger partial charge in [-0.1, -0.05) is 6.92 Å². The number of ether oxygens (including phenoxy) is 3. The van der Waals surface area contributed by atoms with Crippen LogP contribution >= 0.6 is 0 Å². The molecule has 138 valence electrons. The number of hydrogen-bond donors (Lipinski definition) is 2. The van der Waals surface area contributed by atoms with E-state index in [9.17, 15) is 9.59 Å². The number of amides is 2. The van der Waals surface area contributed by atoms with Crippen molar-refractivity contribution in [1.29, 1.82) is 0 Å². The van der Waals surface area contributed by atoms with Crippen LogP contribution in [0.25, 0.3) is 0 Å². The zero-order chi connectivity index (χ0) is 18.9. The number of benzene rings is 2. The van der Waals surface area contributed by atoms with Gasteiger partial charge in [0, 0.05) is 18.2 Å². The number of anilines is 1. The van der Waals surface area contributed by atoms with Gasteiger partial charge in [0.25, 0.3) is 0 Å². The molecule has 0 aromatic heterocycles. The van der Waals surface area contributed by atoms with E-state index in [0.717, 1.165) is 5.75 Å². The molecule has 7 heteroatoms. The Morgan fingerprint density at radius 3 is 2.19 bits per heavy atom. The van der Waals surface area contributed by atoms with E-state index in [0.29, 0.717) is 29.4 Å². The van der Waals surface area contributed by atoms with Crippen LogP contribution in [0.15, 0.2) is 42.5 Å². The molecule has 0 aliphatic rings. The highest BCUT2D eigenvalue weighted by Crippen LogP contribution is 2.34. The highest BCUT2D eigenvalue weighted by molar-refractivity contribution is 5.94. The molecular weight excluding hydrogens is 336 g/mol. The van der Waals surface area contributed by atoms with E-state index in [2.05, 4.69) is 10.6 Å². The molecule has 2 amide bonds. The molecule has 0 saturated carbocycles. The summed E-state index contributed by atoms with van der Waals surface area (Å²) in [5, 5.41) is 5.23. The van der Waals surface area contributed by atoms with Crippen LogP contribution in [0.5, 0.6) is 23.0 Å². The van der Waals surface area contributed by atoms with Crippen LogP contribution in [0, 0.1) is 0 Å². The van der Waals surface area contributed by atoms with Crippen molar-refractivity contribution in [3.8, 4) is 23.0 Å². The lowest BCUT2D eigenvalue weighted by Crippen LogP contribution is -2.32. The molecular formula is C19H22N2O5. The van der Waals surface area contributed by atoms with Crippen molar-refractivity contribution in [2.75, 3.05) is 26.1 Å². The maximum absolute atomic E-state index is 11.9. The predicted molar refractivity (Wildman–Crippen MR) is 98.0 cm³/mol. The van der Waals surface area contributed by atoms with E-state index in [4.69, 9.17) is 14.2 Å². The van der Waals surface area contributed by atoms with Crippen LogP contribution in [0.2, 0.25) is 0 Å². The smallest absolute Gasteiger partial charge is 0.243 e. The quantitative estimate of drug-likeness (QED) is 0.758. The van der Waals surface area contributed by atoms with Crippen molar-refractivity contribution in [3.63, 3.8) is 0 Å². The average Bonchev–Trinajstić information content (AvgIpc) is 2.67. The SMILES string of the molecule is CCC(=O)NCC(=O)Nc1ccc(OC)c(Oc2ccc(OC)cc2)c1. The Morgan fingerprint density at radius 1 is 0.885 bits per heavy atom. The molecule has 0 unspecified atom stereocenters. The molecule has 7 nitrogen and oxygen atoms in total. The first-order valence-corrected chi connectivity index (χ1v) is 8.12. The van der Waals surface area contributed by atoms with Crippen LogP contribution in [-0.2, 0) is 9.59 Å². The van der Waals surface area contributed by atoms with Crippen LogP contribution in [0.4, 0.5) is 5.69 Å². The van der Waals surface area contributed by atoms with E-state index in [1.165, 1.54) is 7.11 Å². The van der Waals surface area contributed by atoms with Crippen molar-refractivity contribution in [2.45, 2.75) is 13.3 Å². The number of carbonyl (C=O) groups excluding carboxylic acids is 2. The largest absolute Gasteiger partial charge is 0.497 e. The molecule has 0 heterocycles. The fourth-order valence-corrected chi connectivity index (χ4v) is 2.11. The zero-order valence-corrected chi connectivity index (χ0v) is 15.0. The van der Waals surface area contributed by atoms with Gasteiger partial charge in [0.15, 0.2) is 11.5 Å². The van der Waals surface area contributed by atoms with Gasteiger partial charge in [-0.2, -0.15) is 0 Å². The summed E-state index contributed by atoms with van der Waals surface area (Å²) in [6.45, 7) is 1.63. The molecule has 0 atom stereocenters. The van der Waals surface area contributed by atoms with Crippen LogP contribution < -0.4 is 24.8 Å². The van der Waals surface area contributed by atoms with Crippen molar-refractivity contribution in [2.24, 2.45) is 0 Å². The minimum absolute atomic E-state index is 0.0899. The number of carbonyl (C=O) groups is 2. The molecule has 0 fully saturated rings. The Kier molecular flexibility index (Phi) is 6.84. The fraction of sp³-hybridized carbons (Fsp3) is 0.263. The molecule has 2 aromatic carbocycles. The minimum Gasteiger partial charge on any atom is -0.497 e. The number of hydrogen-bond acceptors (Lipinski definition) is 5. The van der Waals surface area contributed by atoms with E-state index >= 15 is 0 Å². The van der Waals surface area contributed by atoms with Crippen molar-refractivity contribution in [1.82, 2.24) is 5.32 Å². The molecule has 2 N–H and O–H groups in total. The fourth-order valence-electron chi connectivity index (χ4n) is 2.11. The monoisotopic (exact) mass is 358 g/mol. The van der Waals surface area contributed by atoms with Gasteiger partial charge in [0.2, 0.25) is 11.8 Å². The van der Waals surface area contributed by atoms with Gasteiger partial charge in [-0.05, 0) is 36.4 Å². The van der Waals surface area contributed by atoms with Crippen molar-refractivity contribution < 1.29 is 23.8 Å². The predicted octanol–water partition coefficient (Wildman–Crippen LogP) is 2.96. The van der Waals surface area contributed by atoms with Crippen LogP contribution in [0.3, 0.4) is 0 Å². The first kappa shape index (κ1) is 19.1. The third-order valence-corrected chi connectivity index (χ3v) is 3.50. The molecule has 2 aromatic rings. The van der Waals surface area contributed by atoms with E-state index in [1.807, 2.05) is 0 Å². The summed E-state index contributed by atoms with van der Waals surface area (Å²) in [5.74, 6) is 1.79. The molecule has 0 saturated heterocycles. The Morgan fingerprint density at radius 2 is 1.58 bits per heavy atom. The summed E-state index contributed by atoms with van der Waals surface area (Å²) in [7, 11) is 3.13. The maximum Gasteiger partial charge on any atom is 0.243 e. The number of nitrogens with one attached hydrogen (secondary N) is 2. The normalized spacial score (nSPS) is 9.96. The average molecular weight is 358 g/mol. The van der Waals surface area contributed by atoms with E-state index in [-0.39, 0.29) is 18.4 Å². The van der Waals surface area contributed by atoms with Gasteiger partial charge >= 0.3 is 0 Å². The summed E-state index contributed by atoms with van der Waals surface area (Å²) in [4.78, 5) is 23.1. The molecule has 0 spiro atoms. The first-order valence-electron chi connectivity index (χ1n) is 8.12. The zero-order valence-electron chi connectivity index (χ0n) is 15.0. The highest BCUT2D eigenvalue weighted by atomic mass is 16.5. The summed E-state index contributed by atoms with van der Waals surface area (Å²) < 4.78 is 16.2. The maximum atomic E-state index is 11.9. The van der Waals surface area contributed by atoms with Gasteiger partial charge < -0.3 is 24.8 Å². The summed E-state index contributed by atoms with van der Waals surface area (Å²) in [5.41, 5.74) is 0.532. The molecule has 0 aliphatic heterocycles. The lowest BCUT2D eigenvalue weighted by molar-refractivity contribution is -0.123. The molecule has 0 radical (unpaired) electrons. The van der Waals surface area contributed by atoms with Gasteiger partial charge in [-0.25, -0.2) is 0 Å². The van der Waals surface area contributed by atoms with Gasteiger partial charge in [0.1, 0.15) is 11.5 Å². The van der Waals surface area contributed by atoms with Gasteiger partial charge in [0.05, 0.1) is 20.8 Å². The first-order chi connectivity index (χ1) is 12.5. The molecule has 2 rings (SSSR count). The highest BCUT2D eigenvalue weighted by Gasteiger charge is 2.10. The minimum atomic E-state index is -0.327. The number of methoxy groups -OCH3 is 2. The Bertz CT molecular complexity index is 759. The molecule has 0 bridgehead atoms. The molecule has 0 aliphatic carbocycles. The van der Waals surface area contributed by atoms with E-state index in [1.54, 1.807) is 56.5 Å². The van der Waals surface area contributed by atoms with Gasteiger partial charge in [-0.3, -0.25) is 9.59 Å². The third-order valence-electron chi connectivity index (χ3n) is 3.50. The summed E-state index contributed by atoms with van der Waals surface area (Å²) >= 11 is 0. The van der Waals surface area contributed by atoms with Crippen LogP contribution in [-0.4, -0.2) is 32.6 Å². The second-order valence-electron chi connectivity index (χ2n) is 5.32. The van der Waals surface area contributed by atoms with Crippen molar-refractivity contribution >= 4 is 17.5 Å². The Labute approximate surface area is 152 Å². The summed E-state index contributed by atoms with van der Waals surface area (Å²) in [6.07, 6.45) is 0.329. The lowest BCUT2D eigenvalue weighted by atomic mass is 10.2. The summed E-state index contributed by atoms with van der Waals surface area (Å²) in [6, 6.07) is 12.1. The molecule has 26 heavy (non-hydrogen) atoms. The van der Waals surface area contributed by atoms with Crippen LogP contribution in [0.1, 0.15) is 13.3 Å². The third kappa shape index (κ3) is 5.41. The van der Waals surface area contributed by atoms with Gasteiger partial charge in [-0.15, -0.1) is 0 Å². The van der Waals surface area contributed by atoms with E-state index < -0.39 is 0 Å². The standard InChI is InChI=1S/C19H22N2O5/c1-4-18(22)20-12-19(23)21-13-5-10-16(25-3)17(11-13)26-15-8-6-14(24-2)7-9-15/h5-11H,4,12H2,1-3H3,(H,20,22)(H,21,23).